The highest BCUT2D eigenvalue weighted by molar-refractivity contribution is 5.99. The van der Waals surface area contributed by atoms with Crippen molar-refractivity contribution in [2.24, 2.45) is 10.9 Å². The van der Waals surface area contributed by atoms with Gasteiger partial charge >= 0.3 is 0 Å². The largest absolute Gasteiger partial charge is 0.368 e. The number of piperidine rings is 1. The van der Waals surface area contributed by atoms with E-state index in [1.54, 1.807) is 0 Å². The van der Waals surface area contributed by atoms with Crippen molar-refractivity contribution in [1.82, 2.24) is 15.1 Å². The maximum atomic E-state index is 13.1. The van der Waals surface area contributed by atoms with Gasteiger partial charge in [0.2, 0.25) is 0 Å². The van der Waals surface area contributed by atoms with Gasteiger partial charge in [-0.3, -0.25) is 19.6 Å². The molecule has 1 N–H and O–H groups in total. The quantitative estimate of drug-likeness (QED) is 0.227. The zero-order chi connectivity index (χ0) is 28.7. The van der Waals surface area contributed by atoms with Gasteiger partial charge in [-0.15, -0.1) is 37.2 Å². The molecule has 8 heteroatoms. The Morgan fingerprint density at radius 3 is 2.36 bits per heavy atom. The number of hydrogen-bond acceptors (Lipinski definition) is 5. The van der Waals surface area contributed by atoms with Crippen molar-refractivity contribution in [1.29, 1.82) is 0 Å². The van der Waals surface area contributed by atoms with Crippen LogP contribution in [0.1, 0.15) is 75.8 Å². The van der Waals surface area contributed by atoms with E-state index in [0.29, 0.717) is 12.2 Å². The number of hydrogen-bond donors (Lipinski definition) is 1. The molecule has 3 aromatic rings. The van der Waals surface area contributed by atoms with Crippen molar-refractivity contribution in [3.8, 4) is 0 Å². The van der Waals surface area contributed by atoms with E-state index in [4.69, 9.17) is 0 Å². The van der Waals surface area contributed by atoms with Gasteiger partial charge in [0.25, 0.3) is 0 Å². The molecule has 0 aliphatic carbocycles. The maximum Gasteiger partial charge on any atom is 0.162 e. The van der Waals surface area contributed by atoms with Crippen LogP contribution in [0, 0.1) is 12.8 Å². The second-order valence-electron chi connectivity index (χ2n) is 12.6. The highest BCUT2D eigenvalue weighted by Gasteiger charge is 2.21. The number of halogens is 3. The molecule has 5 nitrogen and oxygen atoms in total. The molecule has 1 fully saturated rings. The van der Waals surface area contributed by atoms with E-state index in [9.17, 15) is 4.79 Å². The van der Waals surface area contributed by atoms with Crippen LogP contribution >= 0.6 is 37.2 Å². The summed E-state index contributed by atoms with van der Waals surface area (Å²) in [4.78, 5) is 22.9. The number of benzene rings is 3. The third-order valence-electron chi connectivity index (χ3n) is 9.58. The van der Waals surface area contributed by atoms with E-state index in [0.717, 1.165) is 88.9 Å². The van der Waals surface area contributed by atoms with Crippen LogP contribution in [-0.2, 0) is 25.9 Å². The number of Topliss-reactive ketones (excluding diaryl/α,β-unsaturated/α-hetero) is 1. The fourth-order valence-electron chi connectivity index (χ4n) is 6.93. The van der Waals surface area contributed by atoms with Crippen molar-refractivity contribution in [2.75, 3.05) is 39.3 Å². The minimum Gasteiger partial charge on any atom is -0.368 e. The van der Waals surface area contributed by atoms with Gasteiger partial charge in [0.15, 0.2) is 5.78 Å². The molecule has 0 amide bonds. The van der Waals surface area contributed by atoms with Crippen LogP contribution in [0.2, 0.25) is 0 Å². The van der Waals surface area contributed by atoms with Crippen molar-refractivity contribution in [2.45, 2.75) is 65.0 Å². The molecule has 3 aliphatic heterocycles. The van der Waals surface area contributed by atoms with E-state index in [1.165, 1.54) is 52.6 Å². The van der Waals surface area contributed by atoms with Crippen molar-refractivity contribution < 1.29 is 4.79 Å². The van der Waals surface area contributed by atoms with E-state index < -0.39 is 0 Å². The number of fused-ring (bicyclic) bond motifs is 1. The summed E-state index contributed by atoms with van der Waals surface area (Å²) in [5.74, 6) is 2.10. The maximum absolute atomic E-state index is 13.1. The lowest BCUT2D eigenvalue weighted by Crippen LogP contribution is -2.33. The SMILES string of the molecule is Cc1ccccc1CN1CCc2ccc(C(=O)CCCC3CCN(Cc4cccc(C5=NCCN5)c4)CC3)cc2CC1.Cl.Cl.Cl. The van der Waals surface area contributed by atoms with Gasteiger partial charge in [0, 0.05) is 50.3 Å². The number of nitrogens with one attached hydrogen (secondary N) is 1. The van der Waals surface area contributed by atoms with Crippen LogP contribution in [0.15, 0.2) is 71.7 Å². The molecular formula is C37H49Cl3N4O. The minimum atomic E-state index is 0. The Morgan fingerprint density at radius 2 is 1.60 bits per heavy atom. The molecule has 0 aromatic heterocycles. The summed E-state index contributed by atoms with van der Waals surface area (Å²) in [6, 6.07) is 24.1. The summed E-state index contributed by atoms with van der Waals surface area (Å²) in [6.07, 6.45) is 7.40. The number of aliphatic imine (C=N–C) groups is 1. The molecule has 0 unspecified atom stereocenters. The third kappa shape index (κ3) is 10.0. The lowest BCUT2D eigenvalue weighted by molar-refractivity contribution is 0.0974. The Balaban J connectivity index is 0.00000184. The molecule has 3 aromatic carbocycles. The average molecular weight is 672 g/mol. The molecule has 6 rings (SSSR count). The van der Waals surface area contributed by atoms with Gasteiger partial charge in [0.1, 0.15) is 5.84 Å². The van der Waals surface area contributed by atoms with Crippen LogP contribution in [0.4, 0.5) is 0 Å². The zero-order valence-corrected chi connectivity index (χ0v) is 29.0. The molecule has 3 aliphatic rings. The summed E-state index contributed by atoms with van der Waals surface area (Å²) >= 11 is 0. The summed E-state index contributed by atoms with van der Waals surface area (Å²) in [5.41, 5.74) is 9.07. The van der Waals surface area contributed by atoms with Crippen LogP contribution in [0.3, 0.4) is 0 Å². The molecule has 0 bridgehead atoms. The average Bonchev–Trinajstić information content (AvgIpc) is 3.49. The number of carbonyl (C=O) groups excluding carboxylic acids is 1. The number of carbonyl (C=O) groups is 1. The lowest BCUT2D eigenvalue weighted by atomic mass is 9.90. The van der Waals surface area contributed by atoms with E-state index in [-0.39, 0.29) is 37.2 Å². The second kappa shape index (κ2) is 18.1. The highest BCUT2D eigenvalue weighted by atomic mass is 35.5. The predicted molar refractivity (Wildman–Crippen MR) is 194 cm³/mol. The third-order valence-corrected chi connectivity index (χ3v) is 9.58. The first-order chi connectivity index (χ1) is 20.6. The molecule has 0 atom stereocenters. The lowest BCUT2D eigenvalue weighted by Gasteiger charge is -2.32. The topological polar surface area (TPSA) is 47.9 Å². The first-order valence-corrected chi connectivity index (χ1v) is 16.1. The van der Waals surface area contributed by atoms with E-state index in [2.05, 4.69) is 93.8 Å². The standard InChI is InChI=1S/C37H46N4O.3ClH/c1-28-6-2-3-9-35(28)27-41-22-16-31-12-13-33(25-32(31)17-23-41)36(42)11-5-7-29-14-20-40(21-15-29)26-30-8-4-10-34(24-30)37-38-18-19-39-37;;;/h2-4,6,8-10,12-13,24-25,29H,5,7,11,14-23,26-27H2,1H3,(H,38,39);3*1H. The summed E-state index contributed by atoms with van der Waals surface area (Å²) in [5, 5.41) is 3.38. The van der Waals surface area contributed by atoms with E-state index in [1.807, 2.05) is 0 Å². The predicted octanol–water partition coefficient (Wildman–Crippen LogP) is 7.48. The highest BCUT2D eigenvalue weighted by Crippen LogP contribution is 2.26. The second-order valence-corrected chi connectivity index (χ2v) is 12.6. The summed E-state index contributed by atoms with van der Waals surface area (Å²) in [6.45, 7) is 10.5. The monoisotopic (exact) mass is 670 g/mol. The molecule has 0 radical (unpaired) electrons. The fourth-order valence-corrected chi connectivity index (χ4v) is 6.93. The minimum absolute atomic E-state index is 0. The fraction of sp³-hybridized carbons (Fsp3) is 0.459. The normalized spacial score (nSPS) is 17.0. The van der Waals surface area contributed by atoms with Gasteiger partial charge < -0.3 is 5.32 Å². The van der Waals surface area contributed by atoms with Gasteiger partial charge in [-0.1, -0.05) is 54.6 Å². The first-order valence-electron chi connectivity index (χ1n) is 16.1. The molecule has 0 spiro atoms. The molecule has 244 valence electrons. The number of likely N-dealkylation sites (tertiary alicyclic amines) is 1. The van der Waals surface area contributed by atoms with Crippen LogP contribution in [0.5, 0.6) is 0 Å². The molecule has 3 heterocycles. The number of ketones is 1. The number of amidine groups is 1. The van der Waals surface area contributed by atoms with Crippen molar-refractivity contribution in [3.05, 3.63) is 106 Å². The molecule has 1 saturated heterocycles. The molecule has 45 heavy (non-hydrogen) atoms. The number of aryl methyl sites for hydroxylation is 1. The van der Waals surface area contributed by atoms with Crippen LogP contribution in [0.25, 0.3) is 0 Å². The Morgan fingerprint density at radius 1 is 0.844 bits per heavy atom. The van der Waals surface area contributed by atoms with Gasteiger partial charge in [-0.05, 0) is 104 Å². The summed E-state index contributed by atoms with van der Waals surface area (Å²) < 4.78 is 0. The van der Waals surface area contributed by atoms with E-state index >= 15 is 0 Å². The smallest absolute Gasteiger partial charge is 0.162 e. The Bertz CT molecular complexity index is 1420. The number of rotatable bonds is 10. The number of nitrogens with zero attached hydrogens (tertiary/aromatic N) is 3. The van der Waals surface area contributed by atoms with Crippen molar-refractivity contribution >= 4 is 48.8 Å². The molecular weight excluding hydrogens is 623 g/mol. The Kier molecular flexibility index (Phi) is 14.9. The van der Waals surface area contributed by atoms with Crippen LogP contribution < -0.4 is 5.32 Å². The van der Waals surface area contributed by atoms with Crippen molar-refractivity contribution in [3.63, 3.8) is 0 Å². The van der Waals surface area contributed by atoms with Crippen LogP contribution in [-0.4, -0.2) is 60.7 Å². The summed E-state index contributed by atoms with van der Waals surface area (Å²) in [7, 11) is 0. The van der Waals surface area contributed by atoms with Gasteiger partial charge in [0.05, 0.1) is 6.54 Å². The Labute approximate surface area is 288 Å². The van der Waals surface area contributed by atoms with Gasteiger partial charge in [-0.25, -0.2) is 0 Å². The zero-order valence-electron chi connectivity index (χ0n) is 26.5. The van der Waals surface area contributed by atoms with Gasteiger partial charge in [-0.2, -0.15) is 0 Å². The molecule has 0 saturated carbocycles. The first kappa shape index (κ1) is 37.1. The Hall–Kier alpha value is -2.41.